The van der Waals surface area contributed by atoms with Crippen molar-refractivity contribution in [2.75, 3.05) is 13.1 Å². The molecule has 13 heavy (non-hydrogen) atoms. The monoisotopic (exact) mass is 174 g/mol. The van der Waals surface area contributed by atoms with Crippen LogP contribution in [0.1, 0.15) is 12.8 Å². The van der Waals surface area contributed by atoms with Crippen LogP contribution in [0.2, 0.25) is 0 Å². The molecule has 1 fully saturated rings. The molecule has 1 N–H and O–H groups in total. The van der Waals surface area contributed by atoms with Crippen LogP contribution in [-0.2, 0) is 0 Å². The number of rotatable bonds is 0. The van der Waals surface area contributed by atoms with E-state index in [4.69, 9.17) is 0 Å². The van der Waals surface area contributed by atoms with Gasteiger partial charge in [-0.25, -0.2) is 5.43 Å². The minimum atomic E-state index is 0.691. The highest BCUT2D eigenvalue weighted by atomic mass is 15.5. The second-order valence-electron chi connectivity index (χ2n) is 3.85. The Labute approximate surface area is 78.6 Å². The van der Waals surface area contributed by atoms with Gasteiger partial charge < -0.3 is 5.01 Å². The van der Waals surface area contributed by atoms with Gasteiger partial charge in [-0.3, -0.25) is 0 Å². The van der Waals surface area contributed by atoms with Crippen molar-refractivity contribution in [2.45, 2.75) is 12.8 Å². The molecule has 3 aliphatic rings. The van der Waals surface area contributed by atoms with Gasteiger partial charge in [0.1, 0.15) is 0 Å². The van der Waals surface area contributed by atoms with Gasteiger partial charge in [-0.15, -0.1) is 0 Å². The van der Waals surface area contributed by atoms with Gasteiger partial charge in [0.2, 0.25) is 0 Å². The smallest absolute Gasteiger partial charge is 0.0349 e. The lowest BCUT2D eigenvalue weighted by Gasteiger charge is -2.32. The van der Waals surface area contributed by atoms with Crippen LogP contribution in [-0.4, -0.2) is 18.1 Å². The lowest BCUT2D eigenvalue weighted by molar-refractivity contribution is 0.264. The zero-order valence-corrected chi connectivity index (χ0v) is 7.66. The Morgan fingerprint density at radius 3 is 3.38 bits per heavy atom. The average Bonchev–Trinajstić information content (AvgIpc) is 2.65. The highest BCUT2D eigenvalue weighted by Gasteiger charge is 2.28. The van der Waals surface area contributed by atoms with Gasteiger partial charge in [-0.2, -0.15) is 0 Å². The number of hydrazine groups is 1. The maximum absolute atomic E-state index is 3.41. The second kappa shape index (κ2) is 2.74. The first-order valence-electron chi connectivity index (χ1n) is 5.04. The SMILES string of the molecule is C1=CC2=C3CCNN3CCC2C=C1. The third kappa shape index (κ3) is 1.05. The van der Waals surface area contributed by atoms with Gasteiger partial charge in [-0.1, -0.05) is 24.3 Å². The third-order valence-electron chi connectivity index (χ3n) is 3.12. The van der Waals surface area contributed by atoms with E-state index in [1.54, 1.807) is 5.57 Å². The number of hydrogen-bond acceptors (Lipinski definition) is 2. The molecular formula is C11H14N2. The third-order valence-corrected chi connectivity index (χ3v) is 3.12. The largest absolute Gasteiger partial charge is 0.312 e. The van der Waals surface area contributed by atoms with E-state index in [0.29, 0.717) is 5.92 Å². The maximum atomic E-state index is 3.41. The Bertz CT molecular complexity index is 312. The summed E-state index contributed by atoms with van der Waals surface area (Å²) in [6, 6.07) is 0. The van der Waals surface area contributed by atoms with Crippen molar-refractivity contribution in [3.63, 3.8) is 0 Å². The molecule has 2 aliphatic heterocycles. The van der Waals surface area contributed by atoms with Gasteiger partial charge in [-0.05, 0) is 12.0 Å². The van der Waals surface area contributed by atoms with Crippen molar-refractivity contribution in [1.29, 1.82) is 0 Å². The molecule has 2 heteroatoms. The van der Waals surface area contributed by atoms with E-state index in [1.165, 1.54) is 25.1 Å². The summed E-state index contributed by atoms with van der Waals surface area (Å²) in [5, 5.41) is 2.33. The van der Waals surface area contributed by atoms with Crippen LogP contribution in [0.3, 0.4) is 0 Å². The fraction of sp³-hybridized carbons (Fsp3) is 0.455. The van der Waals surface area contributed by atoms with E-state index in [2.05, 4.69) is 34.7 Å². The van der Waals surface area contributed by atoms with Crippen LogP contribution < -0.4 is 5.43 Å². The molecule has 2 nitrogen and oxygen atoms in total. The predicted molar refractivity (Wildman–Crippen MR) is 52.7 cm³/mol. The number of nitrogens with one attached hydrogen (secondary N) is 1. The number of fused-ring (bicyclic) bond motifs is 2. The predicted octanol–water partition coefficient (Wildman–Crippen LogP) is 1.60. The van der Waals surface area contributed by atoms with Gasteiger partial charge in [0.05, 0.1) is 0 Å². The normalized spacial score (nSPS) is 30.8. The van der Waals surface area contributed by atoms with Gasteiger partial charge >= 0.3 is 0 Å². The van der Waals surface area contributed by atoms with E-state index in [-0.39, 0.29) is 0 Å². The van der Waals surface area contributed by atoms with Gasteiger partial charge in [0, 0.05) is 31.1 Å². The molecule has 0 radical (unpaired) electrons. The summed E-state index contributed by atoms with van der Waals surface area (Å²) in [6.45, 7) is 2.28. The highest BCUT2D eigenvalue weighted by Crippen LogP contribution is 2.34. The van der Waals surface area contributed by atoms with Crippen molar-refractivity contribution < 1.29 is 0 Å². The highest BCUT2D eigenvalue weighted by molar-refractivity contribution is 5.38. The molecule has 0 bridgehead atoms. The summed E-state index contributed by atoms with van der Waals surface area (Å²) in [4.78, 5) is 0. The van der Waals surface area contributed by atoms with Crippen LogP contribution in [0.15, 0.2) is 35.6 Å². The first-order valence-corrected chi connectivity index (χ1v) is 5.04. The van der Waals surface area contributed by atoms with Crippen molar-refractivity contribution in [3.8, 4) is 0 Å². The summed E-state index contributed by atoms with van der Waals surface area (Å²) in [5.41, 5.74) is 6.47. The number of allylic oxidation sites excluding steroid dienone is 5. The molecule has 1 atom stereocenters. The first kappa shape index (κ1) is 7.39. The maximum Gasteiger partial charge on any atom is 0.0349 e. The van der Waals surface area contributed by atoms with E-state index >= 15 is 0 Å². The molecule has 0 aromatic heterocycles. The fourth-order valence-electron chi connectivity index (χ4n) is 2.47. The lowest BCUT2D eigenvalue weighted by Crippen LogP contribution is -2.35. The Balaban J connectivity index is 2.05. The first-order chi connectivity index (χ1) is 6.45. The Morgan fingerprint density at radius 2 is 2.38 bits per heavy atom. The Hall–Kier alpha value is -1.02. The van der Waals surface area contributed by atoms with Crippen LogP contribution >= 0.6 is 0 Å². The molecular weight excluding hydrogens is 160 g/mol. The van der Waals surface area contributed by atoms with Crippen molar-refractivity contribution in [1.82, 2.24) is 10.4 Å². The molecule has 1 aliphatic carbocycles. The number of nitrogens with zero attached hydrogens (tertiary/aromatic N) is 1. The standard InChI is InChI=1S/C11H14N2/c1-2-4-10-9(3-1)6-8-13-11(10)5-7-12-13/h1-4,9,12H,5-8H2. The molecule has 0 aromatic carbocycles. The summed E-state index contributed by atoms with van der Waals surface area (Å²) in [7, 11) is 0. The van der Waals surface area contributed by atoms with Crippen molar-refractivity contribution in [2.24, 2.45) is 5.92 Å². The summed E-state index contributed by atoms with van der Waals surface area (Å²) < 4.78 is 0. The minimum absolute atomic E-state index is 0.691. The number of hydrogen-bond donors (Lipinski definition) is 1. The van der Waals surface area contributed by atoms with E-state index in [0.717, 1.165) is 6.54 Å². The molecule has 0 aromatic rings. The molecule has 2 heterocycles. The minimum Gasteiger partial charge on any atom is -0.312 e. The Kier molecular flexibility index (Phi) is 1.56. The van der Waals surface area contributed by atoms with Crippen LogP contribution in [0.25, 0.3) is 0 Å². The summed E-state index contributed by atoms with van der Waals surface area (Å²) >= 11 is 0. The van der Waals surface area contributed by atoms with Gasteiger partial charge in [0.25, 0.3) is 0 Å². The molecule has 68 valence electrons. The average molecular weight is 174 g/mol. The van der Waals surface area contributed by atoms with Gasteiger partial charge in [0.15, 0.2) is 0 Å². The molecule has 0 spiro atoms. The topological polar surface area (TPSA) is 15.3 Å². The Morgan fingerprint density at radius 1 is 1.38 bits per heavy atom. The molecule has 3 rings (SSSR count). The van der Waals surface area contributed by atoms with Crippen LogP contribution in [0.4, 0.5) is 0 Å². The molecule has 0 saturated carbocycles. The summed E-state index contributed by atoms with van der Waals surface area (Å²) in [6.07, 6.45) is 11.4. The zero-order valence-electron chi connectivity index (χ0n) is 7.66. The summed E-state index contributed by atoms with van der Waals surface area (Å²) in [5.74, 6) is 0.691. The molecule has 1 unspecified atom stereocenters. The van der Waals surface area contributed by atoms with E-state index in [9.17, 15) is 0 Å². The fourth-order valence-corrected chi connectivity index (χ4v) is 2.47. The quantitative estimate of drug-likeness (QED) is 0.600. The zero-order chi connectivity index (χ0) is 8.67. The second-order valence-corrected chi connectivity index (χ2v) is 3.85. The van der Waals surface area contributed by atoms with E-state index < -0.39 is 0 Å². The lowest BCUT2D eigenvalue weighted by atomic mass is 9.87. The van der Waals surface area contributed by atoms with Crippen molar-refractivity contribution >= 4 is 0 Å². The van der Waals surface area contributed by atoms with Crippen molar-refractivity contribution in [3.05, 3.63) is 35.6 Å². The van der Waals surface area contributed by atoms with Crippen LogP contribution in [0.5, 0.6) is 0 Å². The van der Waals surface area contributed by atoms with E-state index in [1.807, 2.05) is 0 Å². The molecule has 1 saturated heterocycles. The molecule has 0 amide bonds. The van der Waals surface area contributed by atoms with Crippen LogP contribution in [0, 0.1) is 5.92 Å².